The molecule has 0 unspecified atom stereocenters. The number of carbonyl (C=O) groups excluding carboxylic acids is 1. The van der Waals surface area contributed by atoms with Crippen molar-refractivity contribution in [1.29, 1.82) is 0 Å². The lowest BCUT2D eigenvalue weighted by atomic mass is 10.2. The quantitative estimate of drug-likeness (QED) is 0.583. The van der Waals surface area contributed by atoms with Crippen molar-refractivity contribution in [3.63, 3.8) is 0 Å². The van der Waals surface area contributed by atoms with Crippen LogP contribution in [0.15, 0.2) is 53.4 Å². The third-order valence-corrected chi connectivity index (χ3v) is 5.39. The predicted octanol–water partition coefficient (Wildman–Crippen LogP) is 2.26. The molecule has 3 rings (SSSR count). The van der Waals surface area contributed by atoms with Crippen LogP contribution in [-0.4, -0.2) is 30.9 Å². The zero-order valence-corrected chi connectivity index (χ0v) is 16.1. The Hall–Kier alpha value is -3.04. The molecule has 28 heavy (non-hydrogen) atoms. The van der Waals surface area contributed by atoms with Gasteiger partial charge in [0, 0.05) is 11.9 Å². The zero-order chi connectivity index (χ0) is 20.1. The van der Waals surface area contributed by atoms with Crippen LogP contribution in [0.4, 0.5) is 5.82 Å². The molecule has 0 saturated heterocycles. The first kappa shape index (κ1) is 19.7. The van der Waals surface area contributed by atoms with Gasteiger partial charge in [0.1, 0.15) is 5.82 Å². The Kier molecular flexibility index (Phi) is 5.86. The number of benzene rings is 2. The minimum absolute atomic E-state index is 0.00148. The second-order valence-electron chi connectivity index (χ2n) is 6.04. The fourth-order valence-corrected chi connectivity index (χ4v) is 3.72. The van der Waals surface area contributed by atoms with Crippen molar-refractivity contribution in [3.8, 4) is 0 Å². The Morgan fingerprint density at radius 1 is 1.14 bits per heavy atom. The fourth-order valence-electron chi connectivity index (χ4n) is 2.54. The first-order chi connectivity index (χ1) is 13.4. The third kappa shape index (κ3) is 4.44. The first-order valence-electron chi connectivity index (χ1n) is 8.68. The molecule has 1 heterocycles. The van der Waals surface area contributed by atoms with Gasteiger partial charge in [-0.1, -0.05) is 25.1 Å². The van der Waals surface area contributed by atoms with E-state index < -0.39 is 16.0 Å². The molecule has 9 heteroatoms. The van der Waals surface area contributed by atoms with Crippen molar-refractivity contribution in [2.24, 2.45) is 0 Å². The molecule has 146 valence electrons. The summed E-state index contributed by atoms with van der Waals surface area (Å²) in [6, 6.07) is 12.9. The first-order valence-corrected chi connectivity index (χ1v) is 10.2. The van der Waals surface area contributed by atoms with Crippen LogP contribution in [0.1, 0.15) is 29.5 Å². The molecule has 3 N–H and O–H groups in total. The summed E-state index contributed by atoms with van der Waals surface area (Å²) in [7, 11) is -3.67. The van der Waals surface area contributed by atoms with Crippen molar-refractivity contribution >= 4 is 32.7 Å². The van der Waals surface area contributed by atoms with Gasteiger partial charge in [-0.05, 0) is 36.8 Å². The number of rotatable bonds is 7. The lowest BCUT2D eigenvalue weighted by Crippen LogP contribution is -2.24. The van der Waals surface area contributed by atoms with E-state index in [0.29, 0.717) is 24.3 Å². The van der Waals surface area contributed by atoms with Gasteiger partial charge < -0.3 is 10.5 Å². The summed E-state index contributed by atoms with van der Waals surface area (Å²) in [5.41, 5.74) is 6.68. The largest absolute Gasteiger partial charge is 0.454 e. The van der Waals surface area contributed by atoms with Gasteiger partial charge >= 0.3 is 5.97 Å². The highest BCUT2D eigenvalue weighted by Gasteiger charge is 2.17. The predicted molar refractivity (Wildman–Crippen MR) is 105 cm³/mol. The Bertz CT molecular complexity index is 1120. The average Bonchev–Trinajstić information content (AvgIpc) is 2.70. The number of esters is 1. The number of carbonyl (C=O) groups is 1. The highest BCUT2D eigenvalue weighted by atomic mass is 32.2. The van der Waals surface area contributed by atoms with E-state index in [1.54, 1.807) is 12.1 Å². The molecule has 0 saturated carbocycles. The minimum atomic E-state index is -3.67. The van der Waals surface area contributed by atoms with Gasteiger partial charge in [-0.2, -0.15) is 0 Å². The van der Waals surface area contributed by atoms with Crippen molar-refractivity contribution < 1.29 is 17.9 Å². The van der Waals surface area contributed by atoms with E-state index >= 15 is 0 Å². The average molecular weight is 400 g/mol. The summed E-state index contributed by atoms with van der Waals surface area (Å²) in [4.78, 5) is 20.8. The van der Waals surface area contributed by atoms with Crippen molar-refractivity contribution in [2.75, 3.05) is 12.3 Å². The standard InChI is InChI=1S/C19H20N4O4S/c1-2-10-21-28(25,26)14-7-5-6-13(11-14)19(24)27-12-17-22-16-9-4-3-8-15(16)18(20)23-17/h3-9,11,21H,2,10,12H2,1H3,(H2,20,22,23). The highest BCUT2D eigenvalue weighted by Crippen LogP contribution is 2.18. The molecule has 0 radical (unpaired) electrons. The monoisotopic (exact) mass is 400 g/mol. The summed E-state index contributed by atoms with van der Waals surface area (Å²) in [5.74, 6) is -0.118. The molecular formula is C19H20N4O4S. The summed E-state index contributed by atoms with van der Waals surface area (Å²) in [6.07, 6.45) is 0.663. The zero-order valence-electron chi connectivity index (χ0n) is 15.3. The summed E-state index contributed by atoms with van der Waals surface area (Å²) in [5, 5.41) is 0.718. The number of sulfonamides is 1. The van der Waals surface area contributed by atoms with E-state index in [2.05, 4.69) is 14.7 Å². The number of hydrogen-bond acceptors (Lipinski definition) is 7. The molecule has 8 nitrogen and oxygen atoms in total. The number of hydrogen-bond donors (Lipinski definition) is 2. The van der Waals surface area contributed by atoms with Gasteiger partial charge in [0.15, 0.2) is 12.4 Å². The van der Waals surface area contributed by atoms with E-state index in [0.717, 1.165) is 5.39 Å². The van der Waals surface area contributed by atoms with Crippen molar-refractivity contribution in [3.05, 3.63) is 59.9 Å². The van der Waals surface area contributed by atoms with E-state index in [1.165, 1.54) is 24.3 Å². The van der Waals surface area contributed by atoms with Crippen molar-refractivity contribution in [2.45, 2.75) is 24.8 Å². The smallest absolute Gasteiger partial charge is 0.338 e. The number of anilines is 1. The van der Waals surface area contributed by atoms with E-state index in [1.807, 2.05) is 19.1 Å². The fraction of sp³-hybridized carbons (Fsp3) is 0.211. The molecule has 0 bridgehead atoms. The molecule has 0 atom stereocenters. The number of nitrogens with one attached hydrogen (secondary N) is 1. The van der Waals surface area contributed by atoms with E-state index in [-0.39, 0.29) is 22.9 Å². The number of nitrogen functional groups attached to an aromatic ring is 1. The highest BCUT2D eigenvalue weighted by molar-refractivity contribution is 7.89. The third-order valence-electron chi connectivity index (χ3n) is 3.93. The molecular weight excluding hydrogens is 380 g/mol. The number of para-hydroxylation sites is 1. The SMILES string of the molecule is CCCNS(=O)(=O)c1cccc(C(=O)OCc2nc(N)c3ccccc3n2)c1. The van der Waals surface area contributed by atoms with Gasteiger partial charge in [0.05, 0.1) is 16.0 Å². The maximum Gasteiger partial charge on any atom is 0.338 e. The summed E-state index contributed by atoms with van der Waals surface area (Å²) in [6.45, 7) is 1.99. The van der Waals surface area contributed by atoms with Crippen LogP contribution in [0.5, 0.6) is 0 Å². The molecule has 2 aromatic carbocycles. The van der Waals surface area contributed by atoms with Crippen LogP contribution < -0.4 is 10.5 Å². The summed E-state index contributed by atoms with van der Waals surface area (Å²) >= 11 is 0. The van der Waals surface area contributed by atoms with Crippen LogP contribution in [0.2, 0.25) is 0 Å². The molecule has 0 spiro atoms. The normalized spacial score (nSPS) is 11.5. The molecule has 0 aliphatic carbocycles. The van der Waals surface area contributed by atoms with E-state index in [4.69, 9.17) is 10.5 Å². The molecule has 0 amide bonds. The van der Waals surface area contributed by atoms with Crippen molar-refractivity contribution in [1.82, 2.24) is 14.7 Å². The van der Waals surface area contributed by atoms with Gasteiger partial charge in [-0.15, -0.1) is 0 Å². The summed E-state index contributed by atoms with van der Waals surface area (Å²) < 4.78 is 32.1. The molecule has 0 aliphatic rings. The van der Waals surface area contributed by atoms with E-state index in [9.17, 15) is 13.2 Å². The maximum absolute atomic E-state index is 12.3. The van der Waals surface area contributed by atoms with Gasteiger partial charge in [-0.25, -0.2) is 27.9 Å². The number of ether oxygens (including phenoxy) is 1. The van der Waals surface area contributed by atoms with Crippen LogP contribution >= 0.6 is 0 Å². The molecule has 0 aliphatic heterocycles. The molecule has 3 aromatic rings. The lowest BCUT2D eigenvalue weighted by Gasteiger charge is -2.09. The Labute approximate surface area is 162 Å². The number of nitrogens with two attached hydrogens (primary N) is 1. The Morgan fingerprint density at radius 2 is 1.93 bits per heavy atom. The van der Waals surface area contributed by atoms with Crippen LogP contribution in [-0.2, 0) is 21.4 Å². The molecule has 0 fully saturated rings. The van der Waals surface area contributed by atoms with Crippen LogP contribution in [0.3, 0.4) is 0 Å². The number of nitrogens with zero attached hydrogens (tertiary/aromatic N) is 2. The Balaban J connectivity index is 1.74. The van der Waals surface area contributed by atoms with Gasteiger partial charge in [0.25, 0.3) is 0 Å². The topological polar surface area (TPSA) is 124 Å². The lowest BCUT2D eigenvalue weighted by molar-refractivity contribution is 0.0462. The van der Waals surface area contributed by atoms with Crippen LogP contribution in [0.25, 0.3) is 10.9 Å². The van der Waals surface area contributed by atoms with Gasteiger partial charge in [0.2, 0.25) is 10.0 Å². The van der Waals surface area contributed by atoms with Gasteiger partial charge in [-0.3, -0.25) is 0 Å². The second kappa shape index (κ2) is 8.32. The number of fused-ring (bicyclic) bond motifs is 1. The van der Waals surface area contributed by atoms with Crippen LogP contribution in [0, 0.1) is 0 Å². The Morgan fingerprint density at radius 3 is 2.71 bits per heavy atom. The second-order valence-corrected chi connectivity index (χ2v) is 7.81. The number of aromatic nitrogens is 2. The molecule has 1 aromatic heterocycles. The minimum Gasteiger partial charge on any atom is -0.454 e. The maximum atomic E-state index is 12.3.